The van der Waals surface area contributed by atoms with Gasteiger partial charge >= 0.3 is 0 Å². The molecule has 0 aliphatic carbocycles. The zero-order chi connectivity index (χ0) is 11.6. The molecule has 0 heterocycles. The molecule has 4 heteroatoms. The van der Waals surface area contributed by atoms with Crippen LogP contribution in [0, 0.1) is 5.41 Å². The first-order valence-corrected chi connectivity index (χ1v) is 5.32. The van der Waals surface area contributed by atoms with Crippen molar-refractivity contribution in [2.45, 2.75) is 39.5 Å². The van der Waals surface area contributed by atoms with E-state index in [0.717, 1.165) is 25.7 Å². The number of aliphatic imine (C=N–C) groups is 2. The normalized spacial score (nSPS) is 10.3. The highest BCUT2D eigenvalue weighted by Crippen LogP contribution is 2.30. The minimum atomic E-state index is -0.154. The molecule has 0 aromatic heterocycles. The van der Waals surface area contributed by atoms with Crippen molar-refractivity contribution in [2.24, 2.45) is 15.4 Å². The van der Waals surface area contributed by atoms with Crippen molar-refractivity contribution in [1.29, 1.82) is 0 Å². The van der Waals surface area contributed by atoms with E-state index in [1.165, 1.54) is 0 Å². The van der Waals surface area contributed by atoms with Crippen LogP contribution >= 0.6 is 0 Å². The minimum absolute atomic E-state index is 0.154. The van der Waals surface area contributed by atoms with Crippen LogP contribution in [-0.2, 0) is 9.59 Å². The second-order valence-corrected chi connectivity index (χ2v) is 3.82. The van der Waals surface area contributed by atoms with E-state index in [9.17, 15) is 9.59 Å². The third kappa shape index (κ3) is 5.26. The van der Waals surface area contributed by atoms with E-state index in [1.807, 2.05) is 0 Å². The molecule has 0 aliphatic rings. The van der Waals surface area contributed by atoms with E-state index in [4.69, 9.17) is 0 Å². The van der Waals surface area contributed by atoms with E-state index < -0.39 is 0 Å². The van der Waals surface area contributed by atoms with Gasteiger partial charge in [0.15, 0.2) is 0 Å². The summed E-state index contributed by atoms with van der Waals surface area (Å²) in [4.78, 5) is 27.5. The summed E-state index contributed by atoms with van der Waals surface area (Å²) in [5.41, 5.74) is -0.154. The molecule has 0 saturated carbocycles. The molecule has 0 amide bonds. The van der Waals surface area contributed by atoms with E-state index in [0.29, 0.717) is 13.1 Å². The average molecular weight is 210 g/mol. The highest BCUT2D eigenvalue weighted by Gasteiger charge is 2.28. The van der Waals surface area contributed by atoms with Crippen molar-refractivity contribution >= 4 is 12.2 Å². The Morgan fingerprint density at radius 1 is 0.933 bits per heavy atom. The first-order valence-electron chi connectivity index (χ1n) is 5.32. The van der Waals surface area contributed by atoms with Gasteiger partial charge in [-0.15, -0.1) is 0 Å². The fourth-order valence-corrected chi connectivity index (χ4v) is 1.95. The van der Waals surface area contributed by atoms with Gasteiger partial charge in [0.1, 0.15) is 0 Å². The monoisotopic (exact) mass is 210 g/mol. The van der Waals surface area contributed by atoms with Crippen molar-refractivity contribution in [3.05, 3.63) is 0 Å². The Hall–Kier alpha value is -1.24. The highest BCUT2D eigenvalue weighted by atomic mass is 16.1. The van der Waals surface area contributed by atoms with Gasteiger partial charge in [-0.1, -0.05) is 26.7 Å². The molecule has 0 atom stereocenters. The molecule has 0 saturated heterocycles. The van der Waals surface area contributed by atoms with Crippen molar-refractivity contribution < 1.29 is 9.59 Å². The van der Waals surface area contributed by atoms with Gasteiger partial charge < -0.3 is 0 Å². The lowest BCUT2D eigenvalue weighted by Crippen LogP contribution is -2.28. The number of isocyanates is 2. The van der Waals surface area contributed by atoms with Crippen LogP contribution in [0.2, 0.25) is 0 Å². The summed E-state index contributed by atoms with van der Waals surface area (Å²) in [6.45, 7) is 4.95. The van der Waals surface area contributed by atoms with Crippen molar-refractivity contribution in [3.8, 4) is 0 Å². The van der Waals surface area contributed by atoms with Gasteiger partial charge in [-0.2, -0.15) is 0 Å². The van der Waals surface area contributed by atoms with Gasteiger partial charge in [-0.25, -0.2) is 19.6 Å². The summed E-state index contributed by atoms with van der Waals surface area (Å²) in [6, 6.07) is 0. The predicted octanol–water partition coefficient (Wildman–Crippen LogP) is 2.24. The third-order valence-corrected chi connectivity index (χ3v) is 2.52. The van der Waals surface area contributed by atoms with Crippen LogP contribution in [0.4, 0.5) is 0 Å². The largest absolute Gasteiger partial charge is 0.234 e. The molecule has 0 rings (SSSR count). The van der Waals surface area contributed by atoms with Gasteiger partial charge in [0.2, 0.25) is 12.2 Å². The van der Waals surface area contributed by atoms with Crippen LogP contribution in [0.15, 0.2) is 9.98 Å². The van der Waals surface area contributed by atoms with Crippen LogP contribution in [0.5, 0.6) is 0 Å². The quantitative estimate of drug-likeness (QED) is 0.455. The number of rotatable bonds is 8. The second kappa shape index (κ2) is 8.10. The van der Waals surface area contributed by atoms with Crippen LogP contribution < -0.4 is 0 Å². The second-order valence-electron chi connectivity index (χ2n) is 3.82. The number of carbonyl (C=O) groups excluding carboxylic acids is 2. The average Bonchev–Trinajstić information content (AvgIpc) is 2.24. The first kappa shape index (κ1) is 13.8. The van der Waals surface area contributed by atoms with Crippen LogP contribution in [0.1, 0.15) is 39.5 Å². The Morgan fingerprint density at radius 2 is 1.33 bits per heavy atom. The maximum absolute atomic E-state index is 10.1. The molecule has 4 nitrogen and oxygen atoms in total. The number of nitrogens with zero attached hydrogens (tertiary/aromatic N) is 2. The molecule has 0 aliphatic heterocycles. The molecule has 84 valence electrons. The lowest BCUT2D eigenvalue weighted by molar-refractivity contribution is 0.256. The smallest absolute Gasteiger partial charge is 0.211 e. The van der Waals surface area contributed by atoms with E-state index in [1.54, 1.807) is 12.2 Å². The summed E-state index contributed by atoms with van der Waals surface area (Å²) < 4.78 is 0. The first-order chi connectivity index (χ1) is 7.24. The summed E-state index contributed by atoms with van der Waals surface area (Å²) in [7, 11) is 0. The third-order valence-electron chi connectivity index (χ3n) is 2.52. The Balaban J connectivity index is 4.67. The Bertz CT molecular complexity index is 236. The van der Waals surface area contributed by atoms with Crippen LogP contribution in [-0.4, -0.2) is 25.2 Å². The lowest BCUT2D eigenvalue weighted by Gasteiger charge is -2.28. The van der Waals surface area contributed by atoms with Crippen LogP contribution in [0.3, 0.4) is 0 Å². The van der Waals surface area contributed by atoms with Gasteiger partial charge in [-0.3, -0.25) is 0 Å². The summed E-state index contributed by atoms with van der Waals surface area (Å²) in [6.07, 6.45) is 6.91. The molecule has 0 fully saturated rings. The molecule has 15 heavy (non-hydrogen) atoms. The standard InChI is InChI=1S/C11H18N2O2/c1-3-5-11(6-4-2,7-12-9-14)8-13-10-15/h3-8H2,1-2H3. The van der Waals surface area contributed by atoms with Gasteiger partial charge in [0.25, 0.3) is 0 Å². The molecule has 0 aromatic rings. The molecule has 0 spiro atoms. The SMILES string of the molecule is CCCC(CCC)(CN=C=O)CN=C=O. The number of hydrogen-bond donors (Lipinski definition) is 0. The highest BCUT2D eigenvalue weighted by molar-refractivity contribution is 5.34. The topological polar surface area (TPSA) is 58.9 Å². The molecular weight excluding hydrogens is 192 g/mol. The van der Waals surface area contributed by atoms with E-state index in [2.05, 4.69) is 23.8 Å². The van der Waals surface area contributed by atoms with Gasteiger partial charge in [0, 0.05) is 5.41 Å². The minimum Gasteiger partial charge on any atom is -0.211 e. The van der Waals surface area contributed by atoms with Gasteiger partial charge in [0.05, 0.1) is 13.1 Å². The zero-order valence-electron chi connectivity index (χ0n) is 9.45. The molecular formula is C11H18N2O2. The Kier molecular flexibility index (Phi) is 7.43. The lowest BCUT2D eigenvalue weighted by atomic mass is 9.79. The maximum atomic E-state index is 10.1. The Labute approximate surface area is 90.5 Å². The van der Waals surface area contributed by atoms with Crippen molar-refractivity contribution in [3.63, 3.8) is 0 Å². The summed E-state index contributed by atoms with van der Waals surface area (Å²) >= 11 is 0. The molecule has 0 unspecified atom stereocenters. The zero-order valence-corrected chi connectivity index (χ0v) is 9.45. The molecule has 0 N–H and O–H groups in total. The van der Waals surface area contributed by atoms with Crippen LogP contribution in [0.25, 0.3) is 0 Å². The van der Waals surface area contributed by atoms with E-state index >= 15 is 0 Å². The molecule has 0 aromatic carbocycles. The Morgan fingerprint density at radius 3 is 1.60 bits per heavy atom. The fourth-order valence-electron chi connectivity index (χ4n) is 1.95. The predicted molar refractivity (Wildman–Crippen MR) is 58.2 cm³/mol. The van der Waals surface area contributed by atoms with Crippen molar-refractivity contribution in [1.82, 2.24) is 0 Å². The maximum Gasteiger partial charge on any atom is 0.234 e. The van der Waals surface area contributed by atoms with E-state index in [-0.39, 0.29) is 5.41 Å². The molecule has 0 radical (unpaired) electrons. The van der Waals surface area contributed by atoms with Gasteiger partial charge in [-0.05, 0) is 12.8 Å². The summed E-state index contributed by atoms with van der Waals surface area (Å²) in [5, 5.41) is 0. The summed E-state index contributed by atoms with van der Waals surface area (Å²) in [5.74, 6) is 0. The van der Waals surface area contributed by atoms with Crippen molar-refractivity contribution in [2.75, 3.05) is 13.1 Å². The molecule has 0 bridgehead atoms. The fraction of sp³-hybridized carbons (Fsp3) is 0.818. The number of hydrogen-bond acceptors (Lipinski definition) is 4.